The van der Waals surface area contributed by atoms with Crippen LogP contribution in [0.2, 0.25) is 0 Å². The average molecular weight is 500 g/mol. The maximum Gasteiger partial charge on any atom is 0.340 e. The van der Waals surface area contributed by atoms with Crippen molar-refractivity contribution in [2.75, 3.05) is 13.2 Å². The minimum Gasteiger partial charge on any atom is -0.465 e. The lowest BCUT2D eigenvalue weighted by Crippen LogP contribution is -2.42. The van der Waals surface area contributed by atoms with Gasteiger partial charge in [-0.3, -0.25) is 4.79 Å². The molecule has 4 aromatic rings. The molecule has 1 aliphatic heterocycles. The fourth-order valence-electron chi connectivity index (χ4n) is 4.64. The molecule has 0 aliphatic carbocycles. The Bertz CT molecular complexity index is 1590. The molecular formula is C29H29N3O5. The Morgan fingerprint density at radius 3 is 2.11 bits per heavy atom. The molecule has 3 aromatic carbocycles. The van der Waals surface area contributed by atoms with E-state index < -0.39 is 23.4 Å². The van der Waals surface area contributed by atoms with Gasteiger partial charge in [0, 0.05) is 21.9 Å². The van der Waals surface area contributed by atoms with Crippen LogP contribution in [0.5, 0.6) is 5.75 Å². The lowest BCUT2D eigenvalue weighted by atomic mass is 9.85. The highest BCUT2D eigenvalue weighted by Crippen LogP contribution is 2.48. The summed E-state index contributed by atoms with van der Waals surface area (Å²) in [6.45, 7) is 9.55. The van der Waals surface area contributed by atoms with Crippen LogP contribution in [0.4, 0.5) is 0 Å². The molecule has 1 atom stereocenters. The van der Waals surface area contributed by atoms with E-state index in [-0.39, 0.29) is 24.7 Å². The highest BCUT2D eigenvalue weighted by molar-refractivity contribution is 6.14. The molecule has 1 unspecified atom stereocenters. The Kier molecular flexibility index (Phi) is 6.19. The summed E-state index contributed by atoms with van der Waals surface area (Å²) in [5.41, 5.74) is 2.48. The third-order valence-electron chi connectivity index (χ3n) is 6.03. The first kappa shape index (κ1) is 24.5. The van der Waals surface area contributed by atoms with E-state index in [1.165, 1.54) is 0 Å². The zero-order chi connectivity index (χ0) is 26.3. The predicted octanol–water partition coefficient (Wildman–Crippen LogP) is 5.14. The van der Waals surface area contributed by atoms with Gasteiger partial charge in [0.2, 0.25) is 5.88 Å². The van der Waals surface area contributed by atoms with Crippen LogP contribution in [0.15, 0.2) is 60.0 Å². The first-order valence-electron chi connectivity index (χ1n) is 12.4. The van der Waals surface area contributed by atoms with Crippen LogP contribution in [0, 0.1) is 0 Å². The number of fused-ring (bicyclic) bond motifs is 7. The third-order valence-corrected chi connectivity index (χ3v) is 6.03. The summed E-state index contributed by atoms with van der Waals surface area (Å²) < 4.78 is 17.4. The van der Waals surface area contributed by atoms with Gasteiger partial charge >= 0.3 is 11.9 Å². The number of carbonyl (C=O) groups is 2. The molecule has 0 spiro atoms. The summed E-state index contributed by atoms with van der Waals surface area (Å²) >= 11 is 0. The first-order chi connectivity index (χ1) is 17.7. The van der Waals surface area contributed by atoms with Crippen molar-refractivity contribution >= 4 is 44.8 Å². The third kappa shape index (κ3) is 4.33. The van der Waals surface area contributed by atoms with Crippen LogP contribution < -0.4 is 10.1 Å². The van der Waals surface area contributed by atoms with Crippen molar-refractivity contribution in [1.29, 1.82) is 0 Å². The maximum absolute atomic E-state index is 13.6. The van der Waals surface area contributed by atoms with E-state index in [2.05, 4.69) is 5.32 Å². The number of hydrogen-bond donors (Lipinski definition) is 1. The number of benzene rings is 3. The van der Waals surface area contributed by atoms with Crippen LogP contribution >= 0.6 is 0 Å². The monoisotopic (exact) mass is 499 g/mol. The Morgan fingerprint density at radius 2 is 1.49 bits per heavy atom. The topological polar surface area (TPSA) is 99.6 Å². The number of nitrogens with zero attached hydrogens (tertiary/aromatic N) is 2. The van der Waals surface area contributed by atoms with Gasteiger partial charge in [-0.05, 0) is 46.8 Å². The average Bonchev–Trinajstić information content (AvgIpc) is 2.86. The van der Waals surface area contributed by atoms with Gasteiger partial charge in [-0.2, -0.15) is 0 Å². The van der Waals surface area contributed by atoms with Crippen LogP contribution in [0.25, 0.3) is 32.8 Å². The summed E-state index contributed by atoms with van der Waals surface area (Å²) in [6, 6.07) is 15.2. The second kappa shape index (κ2) is 9.35. The number of nitrogens with one attached hydrogen (secondary N) is 1. The smallest absolute Gasteiger partial charge is 0.340 e. The SMILES string of the molecule is CCOC(=O)C1=C(NC(C)(C)C)Oc2c(c3nc4ccccc4nc3c3ccccc23)C1C(=O)OCC. The van der Waals surface area contributed by atoms with Crippen molar-refractivity contribution in [3.8, 4) is 5.75 Å². The van der Waals surface area contributed by atoms with Gasteiger partial charge in [0.25, 0.3) is 0 Å². The molecule has 190 valence electrons. The largest absolute Gasteiger partial charge is 0.465 e. The zero-order valence-corrected chi connectivity index (χ0v) is 21.5. The van der Waals surface area contributed by atoms with Crippen LogP contribution in [0.3, 0.4) is 0 Å². The minimum absolute atomic E-state index is 0.0502. The summed E-state index contributed by atoms with van der Waals surface area (Å²) in [7, 11) is 0. The predicted molar refractivity (Wildman–Crippen MR) is 141 cm³/mol. The van der Waals surface area contributed by atoms with Crippen molar-refractivity contribution in [2.45, 2.75) is 46.1 Å². The molecule has 0 bridgehead atoms. The van der Waals surface area contributed by atoms with Crippen LogP contribution in [-0.4, -0.2) is 40.7 Å². The molecular weight excluding hydrogens is 470 g/mol. The first-order valence-corrected chi connectivity index (χ1v) is 12.4. The van der Waals surface area contributed by atoms with Crippen molar-refractivity contribution in [3.63, 3.8) is 0 Å². The second-order valence-electron chi connectivity index (χ2n) is 9.82. The number of ether oxygens (including phenoxy) is 3. The second-order valence-corrected chi connectivity index (χ2v) is 9.82. The quantitative estimate of drug-likeness (QED) is 0.229. The van der Waals surface area contributed by atoms with Crippen molar-refractivity contribution in [2.24, 2.45) is 0 Å². The van der Waals surface area contributed by atoms with E-state index in [1.807, 2.05) is 69.3 Å². The van der Waals surface area contributed by atoms with E-state index in [1.54, 1.807) is 13.8 Å². The molecule has 37 heavy (non-hydrogen) atoms. The number of carbonyl (C=O) groups excluding carboxylic acids is 2. The van der Waals surface area contributed by atoms with E-state index in [0.29, 0.717) is 27.9 Å². The molecule has 0 fully saturated rings. The Balaban J connectivity index is 1.93. The molecule has 0 saturated carbocycles. The molecule has 0 amide bonds. The molecule has 1 N–H and O–H groups in total. The van der Waals surface area contributed by atoms with Crippen LogP contribution in [0.1, 0.15) is 46.1 Å². The van der Waals surface area contributed by atoms with Crippen molar-refractivity contribution in [3.05, 3.63) is 65.6 Å². The van der Waals surface area contributed by atoms with E-state index in [4.69, 9.17) is 24.2 Å². The number of hydrogen-bond acceptors (Lipinski definition) is 8. The normalized spacial score (nSPS) is 15.4. The Morgan fingerprint density at radius 1 is 0.892 bits per heavy atom. The summed E-state index contributed by atoms with van der Waals surface area (Å²) in [5, 5.41) is 4.85. The Hall–Kier alpha value is -4.20. The highest BCUT2D eigenvalue weighted by Gasteiger charge is 2.44. The number of rotatable bonds is 5. The zero-order valence-electron chi connectivity index (χ0n) is 21.5. The van der Waals surface area contributed by atoms with Gasteiger partial charge in [0.15, 0.2) is 0 Å². The molecule has 2 heterocycles. The number of esters is 2. The van der Waals surface area contributed by atoms with E-state index in [0.717, 1.165) is 16.3 Å². The van der Waals surface area contributed by atoms with Gasteiger partial charge in [-0.25, -0.2) is 14.8 Å². The molecule has 0 radical (unpaired) electrons. The number of aromatic nitrogens is 2. The fourth-order valence-corrected chi connectivity index (χ4v) is 4.64. The fraction of sp³-hybridized carbons (Fsp3) is 0.310. The lowest BCUT2D eigenvalue weighted by molar-refractivity contribution is -0.147. The van der Waals surface area contributed by atoms with Gasteiger partial charge in [-0.1, -0.05) is 36.4 Å². The summed E-state index contributed by atoms with van der Waals surface area (Å²) in [6.07, 6.45) is 0. The molecule has 1 aromatic heterocycles. The van der Waals surface area contributed by atoms with Crippen LogP contribution in [-0.2, 0) is 19.1 Å². The minimum atomic E-state index is -1.13. The number of para-hydroxylation sites is 2. The van der Waals surface area contributed by atoms with E-state index >= 15 is 0 Å². The van der Waals surface area contributed by atoms with Gasteiger partial charge in [0.05, 0.1) is 35.3 Å². The lowest BCUT2D eigenvalue weighted by Gasteiger charge is -2.33. The molecule has 1 aliphatic rings. The van der Waals surface area contributed by atoms with Crippen molar-refractivity contribution in [1.82, 2.24) is 15.3 Å². The van der Waals surface area contributed by atoms with Gasteiger partial charge < -0.3 is 19.5 Å². The van der Waals surface area contributed by atoms with Crippen molar-refractivity contribution < 1.29 is 23.8 Å². The molecule has 8 heteroatoms. The van der Waals surface area contributed by atoms with Gasteiger partial charge in [0.1, 0.15) is 17.2 Å². The molecule has 8 nitrogen and oxygen atoms in total. The standard InChI is InChI=1S/C29H29N3O5/c1-6-35-27(33)20-21-24-23(30-18-14-10-11-15-19(18)31-24)16-12-8-9-13-17(16)25(21)37-26(32-29(3,4)5)22(20)28(34)36-7-2/h8-15,20,32H,6-7H2,1-5H3. The molecule has 0 saturated heterocycles. The molecule has 5 rings (SSSR count). The maximum atomic E-state index is 13.6. The Labute approximate surface area is 214 Å². The summed E-state index contributed by atoms with van der Waals surface area (Å²) in [5.74, 6) is -1.78. The highest BCUT2D eigenvalue weighted by atomic mass is 16.5. The van der Waals surface area contributed by atoms with Gasteiger partial charge in [-0.15, -0.1) is 0 Å². The summed E-state index contributed by atoms with van der Waals surface area (Å²) in [4.78, 5) is 36.9. The van der Waals surface area contributed by atoms with E-state index in [9.17, 15) is 9.59 Å².